The van der Waals surface area contributed by atoms with Crippen LogP contribution in [0, 0.1) is 0 Å². The van der Waals surface area contributed by atoms with Crippen LogP contribution in [0.2, 0.25) is 0 Å². The summed E-state index contributed by atoms with van der Waals surface area (Å²) >= 11 is 0. The lowest BCUT2D eigenvalue weighted by atomic mass is 10.2. The summed E-state index contributed by atoms with van der Waals surface area (Å²) in [6, 6.07) is 14.7. The Balaban J connectivity index is 1.87. The van der Waals surface area contributed by atoms with E-state index in [2.05, 4.69) is 9.71 Å². The van der Waals surface area contributed by atoms with Crippen LogP contribution in [0.25, 0.3) is 10.9 Å². The van der Waals surface area contributed by atoms with Gasteiger partial charge in [0.2, 0.25) is 15.6 Å². The highest BCUT2D eigenvalue weighted by Gasteiger charge is 2.15. The molecule has 2 aromatic carbocycles. The van der Waals surface area contributed by atoms with Crippen LogP contribution >= 0.6 is 0 Å². The molecule has 3 rings (SSSR count). The normalized spacial score (nSPS) is 11.5. The number of hydrogen-bond donors (Lipinski definition) is 2. The zero-order valence-corrected chi connectivity index (χ0v) is 13.8. The Morgan fingerprint density at radius 3 is 2.67 bits per heavy atom. The summed E-state index contributed by atoms with van der Waals surface area (Å²) in [5.74, 6) is 0.622. The topological polar surface area (TPSA) is 88.3 Å². The van der Waals surface area contributed by atoms with E-state index in [1.807, 2.05) is 12.1 Å². The Kier molecular flexibility index (Phi) is 4.37. The second-order valence-corrected chi connectivity index (χ2v) is 6.97. The van der Waals surface area contributed by atoms with Gasteiger partial charge in [0.15, 0.2) is 0 Å². The van der Waals surface area contributed by atoms with Crippen LogP contribution in [-0.2, 0) is 16.6 Å². The molecule has 0 aliphatic heterocycles. The zero-order chi connectivity index (χ0) is 17.2. The molecule has 24 heavy (non-hydrogen) atoms. The van der Waals surface area contributed by atoms with Crippen LogP contribution in [0.3, 0.4) is 0 Å². The van der Waals surface area contributed by atoms with Crippen molar-refractivity contribution >= 4 is 20.9 Å². The quantitative estimate of drug-likeness (QED) is 0.741. The summed E-state index contributed by atoms with van der Waals surface area (Å²) in [6.45, 7) is 0.121. The number of sulfonamides is 1. The average molecular weight is 344 g/mol. The maximum absolute atomic E-state index is 12.5. The fourth-order valence-corrected chi connectivity index (χ4v) is 3.45. The molecule has 3 aromatic rings. The molecule has 1 heterocycles. The van der Waals surface area contributed by atoms with Gasteiger partial charge in [-0.25, -0.2) is 13.1 Å². The minimum Gasteiger partial charge on any atom is -0.496 e. The number of fused-ring (bicyclic) bond motifs is 1. The number of hydrogen-bond acceptors (Lipinski definition) is 4. The molecule has 0 spiro atoms. The Hall–Kier alpha value is -2.64. The predicted octanol–water partition coefficient (Wildman–Crippen LogP) is 2.02. The van der Waals surface area contributed by atoms with Crippen molar-refractivity contribution in [1.82, 2.24) is 9.71 Å². The Morgan fingerprint density at radius 2 is 1.88 bits per heavy atom. The van der Waals surface area contributed by atoms with Gasteiger partial charge in [-0.3, -0.25) is 4.79 Å². The largest absolute Gasteiger partial charge is 0.496 e. The number of para-hydroxylation sites is 1. The van der Waals surface area contributed by atoms with Gasteiger partial charge in [-0.2, -0.15) is 0 Å². The summed E-state index contributed by atoms with van der Waals surface area (Å²) in [5.41, 5.74) is 1.10. The van der Waals surface area contributed by atoms with Gasteiger partial charge in [-0.05, 0) is 35.7 Å². The Bertz CT molecular complexity index is 1040. The van der Waals surface area contributed by atoms with E-state index in [1.165, 1.54) is 25.3 Å². The zero-order valence-electron chi connectivity index (χ0n) is 12.9. The van der Waals surface area contributed by atoms with Crippen molar-refractivity contribution < 1.29 is 13.2 Å². The fraction of sp³-hybridized carbons (Fsp3) is 0.118. The van der Waals surface area contributed by atoms with Crippen LogP contribution < -0.4 is 15.0 Å². The van der Waals surface area contributed by atoms with Crippen LogP contribution in [0.1, 0.15) is 5.56 Å². The van der Waals surface area contributed by atoms with E-state index in [9.17, 15) is 13.2 Å². The molecule has 124 valence electrons. The van der Waals surface area contributed by atoms with E-state index in [0.29, 0.717) is 16.7 Å². The van der Waals surface area contributed by atoms with Crippen molar-refractivity contribution in [3.63, 3.8) is 0 Å². The van der Waals surface area contributed by atoms with E-state index < -0.39 is 10.0 Å². The van der Waals surface area contributed by atoms with E-state index in [4.69, 9.17) is 4.74 Å². The van der Waals surface area contributed by atoms with Gasteiger partial charge in [0.25, 0.3) is 0 Å². The molecule has 0 atom stereocenters. The molecule has 6 nitrogen and oxygen atoms in total. The predicted molar refractivity (Wildman–Crippen MR) is 91.6 cm³/mol. The summed E-state index contributed by atoms with van der Waals surface area (Å²) in [5, 5.41) is 0.648. The molecule has 0 aliphatic carbocycles. The summed E-state index contributed by atoms with van der Waals surface area (Å²) in [4.78, 5) is 14.1. The smallest absolute Gasteiger partial charge is 0.248 e. The third kappa shape index (κ3) is 3.32. The number of aromatic amines is 1. The Labute approximate surface area is 139 Å². The van der Waals surface area contributed by atoms with Gasteiger partial charge < -0.3 is 9.72 Å². The molecule has 0 amide bonds. The van der Waals surface area contributed by atoms with Crippen molar-refractivity contribution in [3.05, 3.63) is 70.5 Å². The van der Waals surface area contributed by atoms with Crippen molar-refractivity contribution in [2.24, 2.45) is 0 Å². The molecule has 0 fully saturated rings. The molecule has 0 saturated heterocycles. The number of methoxy groups -OCH3 is 1. The van der Waals surface area contributed by atoms with Gasteiger partial charge in [-0.1, -0.05) is 18.2 Å². The van der Waals surface area contributed by atoms with E-state index in [-0.39, 0.29) is 17.0 Å². The standard InChI is InChI=1S/C17H16N2O4S/c1-23-16-5-3-2-4-13(16)11-18-24(21,22)14-7-8-15-12(10-14)6-9-17(20)19-15/h2-10,18H,11H2,1H3,(H,19,20). The fourth-order valence-electron chi connectivity index (χ4n) is 2.40. The lowest BCUT2D eigenvalue weighted by molar-refractivity contribution is 0.409. The summed E-state index contributed by atoms with van der Waals surface area (Å²) < 4.78 is 32.8. The van der Waals surface area contributed by atoms with Gasteiger partial charge >= 0.3 is 0 Å². The minimum atomic E-state index is -3.68. The van der Waals surface area contributed by atoms with Gasteiger partial charge in [0, 0.05) is 23.7 Å². The summed E-state index contributed by atoms with van der Waals surface area (Å²) in [6.07, 6.45) is 0. The molecule has 0 saturated carbocycles. The number of nitrogens with one attached hydrogen (secondary N) is 2. The number of pyridine rings is 1. The van der Waals surface area contributed by atoms with Crippen molar-refractivity contribution in [1.29, 1.82) is 0 Å². The third-order valence-corrected chi connectivity index (χ3v) is 5.05. The van der Waals surface area contributed by atoms with Gasteiger partial charge in [0.05, 0.1) is 12.0 Å². The third-order valence-electron chi connectivity index (χ3n) is 3.65. The SMILES string of the molecule is COc1ccccc1CNS(=O)(=O)c1ccc2[nH]c(=O)ccc2c1. The van der Waals surface area contributed by atoms with Crippen molar-refractivity contribution in [3.8, 4) is 5.75 Å². The Morgan fingerprint density at radius 1 is 1.08 bits per heavy atom. The number of benzene rings is 2. The first-order valence-electron chi connectivity index (χ1n) is 7.24. The molecule has 0 aliphatic rings. The maximum Gasteiger partial charge on any atom is 0.248 e. The molecule has 1 aromatic heterocycles. The van der Waals surface area contributed by atoms with Gasteiger partial charge in [0.1, 0.15) is 5.75 Å². The second-order valence-electron chi connectivity index (χ2n) is 5.21. The van der Waals surface area contributed by atoms with Crippen LogP contribution in [0.15, 0.2) is 64.3 Å². The number of H-pyrrole nitrogens is 1. The molecule has 0 unspecified atom stereocenters. The monoisotopic (exact) mass is 344 g/mol. The van der Waals surface area contributed by atoms with Crippen molar-refractivity contribution in [2.45, 2.75) is 11.4 Å². The maximum atomic E-state index is 12.5. The first kappa shape index (κ1) is 16.2. The average Bonchev–Trinajstić information content (AvgIpc) is 2.59. The van der Waals surface area contributed by atoms with Crippen LogP contribution in [-0.4, -0.2) is 20.5 Å². The van der Waals surface area contributed by atoms with E-state index in [0.717, 1.165) is 5.56 Å². The number of rotatable bonds is 5. The first-order valence-corrected chi connectivity index (χ1v) is 8.72. The molecule has 7 heteroatoms. The molecular weight excluding hydrogens is 328 g/mol. The molecule has 2 N–H and O–H groups in total. The second kappa shape index (κ2) is 6.46. The van der Waals surface area contributed by atoms with Crippen LogP contribution in [0.5, 0.6) is 5.75 Å². The lowest BCUT2D eigenvalue weighted by Gasteiger charge is -2.10. The molecular formula is C17H16N2O4S. The number of ether oxygens (including phenoxy) is 1. The molecule has 0 bridgehead atoms. The summed E-state index contributed by atoms with van der Waals surface area (Å²) in [7, 11) is -2.14. The van der Waals surface area contributed by atoms with Gasteiger partial charge in [-0.15, -0.1) is 0 Å². The molecule has 0 radical (unpaired) electrons. The van der Waals surface area contributed by atoms with Crippen molar-refractivity contribution in [2.75, 3.05) is 7.11 Å². The van der Waals surface area contributed by atoms with E-state index in [1.54, 1.807) is 24.3 Å². The highest BCUT2D eigenvalue weighted by Crippen LogP contribution is 2.19. The van der Waals surface area contributed by atoms with Crippen LogP contribution in [0.4, 0.5) is 0 Å². The lowest BCUT2D eigenvalue weighted by Crippen LogP contribution is -2.23. The highest BCUT2D eigenvalue weighted by atomic mass is 32.2. The number of aromatic nitrogens is 1. The first-order chi connectivity index (χ1) is 11.5. The minimum absolute atomic E-state index is 0.121. The van der Waals surface area contributed by atoms with E-state index >= 15 is 0 Å². The highest BCUT2D eigenvalue weighted by molar-refractivity contribution is 7.89.